The van der Waals surface area contributed by atoms with Crippen LogP contribution >= 0.6 is 15.9 Å². The molecule has 2 rings (SSSR count). The van der Waals surface area contributed by atoms with Crippen LogP contribution in [-0.2, 0) is 6.18 Å². The summed E-state index contributed by atoms with van der Waals surface area (Å²) in [6.45, 7) is 0. The molecule has 0 saturated heterocycles. The van der Waals surface area contributed by atoms with E-state index in [1.54, 1.807) is 6.07 Å². The van der Waals surface area contributed by atoms with Crippen molar-refractivity contribution >= 4 is 27.0 Å². The summed E-state index contributed by atoms with van der Waals surface area (Å²) in [5, 5.41) is 0. The third-order valence-corrected chi connectivity index (χ3v) is 2.09. The van der Waals surface area contributed by atoms with Gasteiger partial charge in [-0.25, -0.2) is 4.98 Å². The van der Waals surface area contributed by atoms with Gasteiger partial charge in [-0.1, -0.05) is 15.9 Å². The highest BCUT2D eigenvalue weighted by Crippen LogP contribution is 2.31. The van der Waals surface area contributed by atoms with Gasteiger partial charge >= 0.3 is 12.1 Å². The van der Waals surface area contributed by atoms with E-state index >= 15 is 0 Å². The lowest BCUT2D eigenvalue weighted by Crippen LogP contribution is -2.04. The molecule has 0 radical (unpaired) electrons. The van der Waals surface area contributed by atoms with Gasteiger partial charge in [0, 0.05) is 4.47 Å². The van der Waals surface area contributed by atoms with Gasteiger partial charge in [0.1, 0.15) is 5.52 Å². The van der Waals surface area contributed by atoms with Crippen molar-refractivity contribution in [2.45, 2.75) is 6.18 Å². The third-order valence-electron chi connectivity index (χ3n) is 1.59. The summed E-state index contributed by atoms with van der Waals surface area (Å²) in [6.07, 6.45) is -4.54. The van der Waals surface area contributed by atoms with Gasteiger partial charge in [-0.3, -0.25) is 0 Å². The Hall–Kier alpha value is -1.04. The van der Waals surface area contributed by atoms with Gasteiger partial charge in [0.15, 0.2) is 5.58 Å². The van der Waals surface area contributed by atoms with E-state index in [1.165, 1.54) is 12.1 Å². The maximum absolute atomic E-state index is 12.2. The van der Waals surface area contributed by atoms with Crippen molar-refractivity contribution in [2.24, 2.45) is 0 Å². The minimum atomic E-state index is -4.54. The maximum atomic E-state index is 12.2. The second-order valence-corrected chi connectivity index (χ2v) is 3.54. The molecule has 6 heteroatoms. The second kappa shape index (κ2) is 2.98. The number of fused-ring (bicyclic) bond motifs is 1. The van der Waals surface area contributed by atoms with E-state index in [4.69, 9.17) is 0 Å². The number of oxazole rings is 1. The van der Waals surface area contributed by atoms with Crippen LogP contribution < -0.4 is 0 Å². The van der Waals surface area contributed by atoms with Crippen LogP contribution in [0.3, 0.4) is 0 Å². The van der Waals surface area contributed by atoms with Gasteiger partial charge in [0.2, 0.25) is 0 Å². The molecule has 0 fully saturated rings. The molecule has 0 bridgehead atoms. The number of alkyl halides is 3. The average molecular weight is 266 g/mol. The molecule has 14 heavy (non-hydrogen) atoms. The summed E-state index contributed by atoms with van der Waals surface area (Å²) in [6, 6.07) is 4.49. The van der Waals surface area contributed by atoms with Crippen molar-refractivity contribution in [1.82, 2.24) is 4.98 Å². The number of benzene rings is 1. The van der Waals surface area contributed by atoms with Gasteiger partial charge in [0.05, 0.1) is 0 Å². The number of hydrogen-bond acceptors (Lipinski definition) is 2. The lowest BCUT2D eigenvalue weighted by atomic mass is 10.3. The molecule has 1 heterocycles. The number of nitrogens with zero attached hydrogens (tertiary/aromatic N) is 1. The van der Waals surface area contributed by atoms with Crippen LogP contribution in [0.1, 0.15) is 5.89 Å². The normalized spacial score (nSPS) is 12.3. The van der Waals surface area contributed by atoms with E-state index in [0.29, 0.717) is 4.47 Å². The maximum Gasteiger partial charge on any atom is 0.468 e. The largest absolute Gasteiger partial charge is 0.468 e. The van der Waals surface area contributed by atoms with Crippen molar-refractivity contribution in [2.75, 3.05) is 0 Å². The molecule has 0 atom stereocenters. The Labute approximate surface area is 84.9 Å². The highest BCUT2D eigenvalue weighted by Gasteiger charge is 2.37. The monoisotopic (exact) mass is 265 g/mol. The summed E-state index contributed by atoms with van der Waals surface area (Å²) in [5.74, 6) is -1.22. The highest BCUT2D eigenvalue weighted by molar-refractivity contribution is 9.10. The predicted molar refractivity (Wildman–Crippen MR) is 46.7 cm³/mol. The smallest absolute Gasteiger partial charge is 0.433 e. The lowest BCUT2D eigenvalue weighted by molar-refractivity contribution is -0.156. The van der Waals surface area contributed by atoms with E-state index in [9.17, 15) is 13.2 Å². The first-order valence-corrected chi connectivity index (χ1v) is 4.39. The molecule has 0 aliphatic heterocycles. The number of hydrogen-bond donors (Lipinski definition) is 0. The third kappa shape index (κ3) is 1.61. The first kappa shape index (κ1) is 9.51. The fourth-order valence-electron chi connectivity index (χ4n) is 1.02. The zero-order chi connectivity index (χ0) is 10.3. The molecule has 0 spiro atoms. The number of halogens is 4. The Morgan fingerprint density at radius 3 is 2.64 bits per heavy atom. The van der Waals surface area contributed by atoms with Crippen LogP contribution in [0.4, 0.5) is 13.2 Å². The van der Waals surface area contributed by atoms with Gasteiger partial charge in [-0.15, -0.1) is 0 Å². The summed E-state index contributed by atoms with van der Waals surface area (Å²) in [4.78, 5) is 3.32. The Morgan fingerprint density at radius 2 is 2.00 bits per heavy atom. The van der Waals surface area contributed by atoms with E-state index in [2.05, 4.69) is 25.3 Å². The Kier molecular flexibility index (Phi) is 2.02. The first-order chi connectivity index (χ1) is 6.47. The predicted octanol–water partition coefficient (Wildman–Crippen LogP) is 3.61. The van der Waals surface area contributed by atoms with Crippen molar-refractivity contribution in [3.05, 3.63) is 28.6 Å². The molecule has 0 unspecified atom stereocenters. The Morgan fingerprint density at radius 1 is 1.29 bits per heavy atom. The van der Waals surface area contributed by atoms with Crippen LogP contribution in [-0.4, -0.2) is 4.98 Å². The molecule has 0 N–H and O–H groups in total. The van der Waals surface area contributed by atoms with Crippen molar-refractivity contribution in [3.8, 4) is 0 Å². The van der Waals surface area contributed by atoms with Gasteiger partial charge in [-0.05, 0) is 18.2 Å². The van der Waals surface area contributed by atoms with E-state index < -0.39 is 12.1 Å². The van der Waals surface area contributed by atoms with E-state index in [-0.39, 0.29) is 11.1 Å². The second-order valence-electron chi connectivity index (χ2n) is 2.63. The molecule has 74 valence electrons. The highest BCUT2D eigenvalue weighted by atomic mass is 79.9. The van der Waals surface area contributed by atoms with Crippen molar-refractivity contribution in [3.63, 3.8) is 0 Å². The number of rotatable bonds is 0. The van der Waals surface area contributed by atoms with Crippen LogP contribution in [0, 0.1) is 0 Å². The summed E-state index contributed by atoms with van der Waals surface area (Å²) in [5.41, 5.74) is 0.312. The molecule has 0 aliphatic rings. The van der Waals surface area contributed by atoms with Gasteiger partial charge < -0.3 is 4.42 Å². The molecule has 1 aromatic heterocycles. The fraction of sp³-hybridized carbons (Fsp3) is 0.125. The minimum absolute atomic E-state index is 0.125. The van der Waals surface area contributed by atoms with E-state index in [0.717, 1.165) is 0 Å². The summed E-state index contributed by atoms with van der Waals surface area (Å²) < 4.78 is 41.7. The lowest BCUT2D eigenvalue weighted by Gasteiger charge is -1.96. The van der Waals surface area contributed by atoms with Crippen LogP contribution in [0.2, 0.25) is 0 Å². The SMILES string of the molecule is FC(F)(F)c1nc2cc(Br)ccc2o1. The quantitative estimate of drug-likeness (QED) is 0.728. The average Bonchev–Trinajstić information content (AvgIpc) is 2.45. The molecule has 0 saturated carbocycles. The van der Waals surface area contributed by atoms with Crippen LogP contribution in [0.25, 0.3) is 11.1 Å². The molecule has 1 aromatic carbocycles. The molecule has 2 aromatic rings. The minimum Gasteiger partial charge on any atom is -0.433 e. The fourth-order valence-corrected chi connectivity index (χ4v) is 1.37. The van der Waals surface area contributed by atoms with Crippen molar-refractivity contribution < 1.29 is 17.6 Å². The standard InChI is InChI=1S/C8H3BrF3NO/c9-4-1-2-6-5(3-4)13-7(14-6)8(10,11)12/h1-3H. The van der Waals surface area contributed by atoms with Crippen molar-refractivity contribution in [1.29, 1.82) is 0 Å². The van der Waals surface area contributed by atoms with Gasteiger partial charge in [-0.2, -0.15) is 13.2 Å². The zero-order valence-corrected chi connectivity index (χ0v) is 8.19. The summed E-state index contributed by atoms with van der Waals surface area (Å²) in [7, 11) is 0. The molecule has 0 aliphatic carbocycles. The molecule has 0 amide bonds. The van der Waals surface area contributed by atoms with Gasteiger partial charge in [0.25, 0.3) is 0 Å². The molecule has 2 nitrogen and oxygen atoms in total. The molecular formula is C8H3BrF3NO. The van der Waals surface area contributed by atoms with Crippen LogP contribution in [0.5, 0.6) is 0 Å². The molecular weight excluding hydrogens is 263 g/mol. The summed E-state index contributed by atoms with van der Waals surface area (Å²) >= 11 is 3.13. The Balaban J connectivity index is 2.63. The Bertz CT molecular complexity index is 477. The van der Waals surface area contributed by atoms with E-state index in [1.807, 2.05) is 0 Å². The van der Waals surface area contributed by atoms with Crippen LogP contribution in [0.15, 0.2) is 27.1 Å². The number of aromatic nitrogens is 1. The topological polar surface area (TPSA) is 26.0 Å². The first-order valence-electron chi connectivity index (χ1n) is 3.60. The zero-order valence-electron chi connectivity index (χ0n) is 6.60.